The maximum absolute atomic E-state index is 14.2. The molecule has 1 heterocycles. The highest BCUT2D eigenvalue weighted by atomic mass is 35.5. The average Bonchev–Trinajstić information content (AvgIpc) is 3.22. The first-order chi connectivity index (χ1) is 9.24. The van der Waals surface area contributed by atoms with Crippen LogP contribution < -0.4 is 5.32 Å². The first kappa shape index (κ1) is 19.0. The van der Waals surface area contributed by atoms with E-state index < -0.39 is 0 Å². The van der Waals surface area contributed by atoms with Crippen molar-refractivity contribution in [3.05, 3.63) is 34.6 Å². The molecule has 2 fully saturated rings. The first-order valence-electron chi connectivity index (χ1n) is 7.14. The van der Waals surface area contributed by atoms with Crippen LogP contribution in [0.4, 0.5) is 4.39 Å². The van der Waals surface area contributed by atoms with Gasteiger partial charge in [0.15, 0.2) is 0 Å². The highest BCUT2D eigenvalue weighted by Gasteiger charge is 2.31. The Hall–Kier alpha value is -0.0600. The Labute approximate surface area is 143 Å². The summed E-state index contributed by atoms with van der Waals surface area (Å²) in [5.41, 5.74) is 0.818. The van der Waals surface area contributed by atoms with Crippen LogP contribution in [0.15, 0.2) is 18.2 Å². The van der Waals surface area contributed by atoms with Gasteiger partial charge in [0.25, 0.3) is 0 Å². The Kier molecular flexibility index (Phi) is 7.72. The molecule has 120 valence electrons. The molecule has 0 unspecified atom stereocenters. The third-order valence-electron chi connectivity index (χ3n) is 4.17. The summed E-state index contributed by atoms with van der Waals surface area (Å²) < 4.78 is 14.2. The van der Waals surface area contributed by atoms with Gasteiger partial charge in [0, 0.05) is 42.8 Å². The topological polar surface area (TPSA) is 15.3 Å². The molecule has 1 saturated heterocycles. The number of halogens is 4. The fourth-order valence-electron chi connectivity index (χ4n) is 2.91. The van der Waals surface area contributed by atoms with Gasteiger partial charge in [-0.25, -0.2) is 4.39 Å². The number of hydrogen-bond acceptors (Lipinski definition) is 2. The summed E-state index contributed by atoms with van der Waals surface area (Å²) in [4.78, 5) is 2.42. The van der Waals surface area contributed by atoms with Gasteiger partial charge in [-0.2, -0.15) is 0 Å². The molecular formula is C15H22Cl3FN2. The zero-order valence-corrected chi connectivity index (χ0v) is 14.2. The van der Waals surface area contributed by atoms with Gasteiger partial charge in [-0.15, -0.1) is 24.8 Å². The van der Waals surface area contributed by atoms with Crippen LogP contribution in [0.2, 0.25) is 5.02 Å². The number of benzene rings is 1. The fourth-order valence-corrected chi connectivity index (χ4v) is 3.07. The molecule has 0 bridgehead atoms. The van der Waals surface area contributed by atoms with Gasteiger partial charge >= 0.3 is 0 Å². The molecule has 1 aliphatic heterocycles. The summed E-state index contributed by atoms with van der Waals surface area (Å²) in [5, 5.41) is 3.84. The van der Waals surface area contributed by atoms with Crippen LogP contribution in [-0.2, 0) is 0 Å². The Morgan fingerprint density at radius 3 is 2.48 bits per heavy atom. The minimum atomic E-state index is -0.156. The molecule has 0 radical (unpaired) electrons. The van der Waals surface area contributed by atoms with E-state index in [1.165, 1.54) is 18.9 Å². The molecule has 1 N–H and O–H groups in total. The van der Waals surface area contributed by atoms with E-state index in [1.807, 2.05) is 12.1 Å². The van der Waals surface area contributed by atoms with Crippen molar-refractivity contribution >= 4 is 36.4 Å². The zero-order valence-electron chi connectivity index (χ0n) is 11.9. The molecule has 1 saturated carbocycles. The normalized spacial score (nSPS) is 20.3. The molecule has 2 nitrogen and oxygen atoms in total. The molecule has 0 spiro atoms. The van der Waals surface area contributed by atoms with Crippen molar-refractivity contribution in [2.24, 2.45) is 5.92 Å². The molecule has 2 aliphatic rings. The second kappa shape index (κ2) is 8.54. The second-order valence-corrected chi connectivity index (χ2v) is 6.08. The van der Waals surface area contributed by atoms with Crippen LogP contribution in [-0.4, -0.2) is 31.1 Å². The lowest BCUT2D eigenvalue weighted by atomic mass is 9.98. The van der Waals surface area contributed by atoms with Crippen molar-refractivity contribution in [2.75, 3.05) is 26.2 Å². The van der Waals surface area contributed by atoms with Crippen molar-refractivity contribution < 1.29 is 4.39 Å². The molecule has 3 rings (SSSR count). The monoisotopic (exact) mass is 354 g/mol. The Bertz CT molecular complexity index is 449. The molecule has 1 aromatic carbocycles. The number of piperazine rings is 1. The molecule has 6 heteroatoms. The maximum Gasteiger partial charge on any atom is 0.129 e. The minimum absolute atomic E-state index is 0. The average molecular weight is 356 g/mol. The number of rotatable bonds is 4. The summed E-state index contributed by atoms with van der Waals surface area (Å²) in [7, 11) is 0. The molecule has 21 heavy (non-hydrogen) atoms. The lowest BCUT2D eigenvalue weighted by Crippen LogP contribution is -2.45. The van der Waals surface area contributed by atoms with E-state index in [1.54, 1.807) is 0 Å². The molecule has 0 amide bonds. The third kappa shape index (κ3) is 4.97. The van der Waals surface area contributed by atoms with Gasteiger partial charge in [-0.1, -0.05) is 30.5 Å². The Balaban J connectivity index is 0.00000110. The third-order valence-corrected chi connectivity index (χ3v) is 4.40. The smallest absolute Gasteiger partial charge is 0.129 e. The van der Waals surface area contributed by atoms with Crippen molar-refractivity contribution in [3.8, 4) is 0 Å². The van der Waals surface area contributed by atoms with Gasteiger partial charge in [0.1, 0.15) is 5.82 Å². The summed E-state index contributed by atoms with van der Waals surface area (Å²) >= 11 is 5.86. The Morgan fingerprint density at radius 2 is 1.90 bits per heavy atom. The van der Waals surface area contributed by atoms with Crippen LogP contribution in [0.1, 0.15) is 30.9 Å². The second-order valence-electron chi connectivity index (χ2n) is 5.65. The van der Waals surface area contributed by atoms with Crippen molar-refractivity contribution in [1.82, 2.24) is 10.2 Å². The van der Waals surface area contributed by atoms with Crippen LogP contribution in [0.25, 0.3) is 0 Å². The number of nitrogens with one attached hydrogen (secondary N) is 1. The lowest BCUT2D eigenvalue weighted by Gasteiger charge is -2.35. The first-order valence-corrected chi connectivity index (χ1v) is 7.51. The van der Waals surface area contributed by atoms with Crippen molar-refractivity contribution in [2.45, 2.75) is 25.3 Å². The predicted octanol–water partition coefficient (Wildman–Crippen LogP) is 4.07. The summed E-state index contributed by atoms with van der Waals surface area (Å²) in [6.45, 7) is 3.99. The van der Waals surface area contributed by atoms with Crippen molar-refractivity contribution in [3.63, 3.8) is 0 Å². The standard InChI is InChI=1S/C15H20ClFN2.2ClH/c16-12-3-4-13(14(17)10-12)15(9-11-1-2-11)19-7-5-18-6-8-19;;/h3-4,10-11,15,18H,1-2,5-9H2;2*1H/t15-;;/m0../s1. The summed E-state index contributed by atoms with van der Waals surface area (Å²) in [5.74, 6) is 0.631. The quantitative estimate of drug-likeness (QED) is 0.876. The van der Waals surface area contributed by atoms with Gasteiger partial charge in [0.2, 0.25) is 0 Å². The lowest BCUT2D eigenvalue weighted by molar-refractivity contribution is 0.157. The highest BCUT2D eigenvalue weighted by molar-refractivity contribution is 6.30. The van der Waals surface area contributed by atoms with Gasteiger partial charge < -0.3 is 5.32 Å². The summed E-state index contributed by atoms with van der Waals surface area (Å²) in [6.07, 6.45) is 3.69. The fraction of sp³-hybridized carbons (Fsp3) is 0.600. The molecule has 1 aliphatic carbocycles. The molecule has 0 aromatic heterocycles. The predicted molar refractivity (Wildman–Crippen MR) is 90.4 cm³/mol. The minimum Gasteiger partial charge on any atom is -0.314 e. The van der Waals surface area contributed by atoms with E-state index >= 15 is 0 Å². The van der Waals surface area contributed by atoms with Crippen LogP contribution in [0, 0.1) is 11.7 Å². The van der Waals surface area contributed by atoms with E-state index in [9.17, 15) is 4.39 Å². The van der Waals surface area contributed by atoms with E-state index in [2.05, 4.69) is 10.2 Å². The highest BCUT2D eigenvalue weighted by Crippen LogP contribution is 2.41. The molecule has 1 aromatic rings. The van der Waals surface area contributed by atoms with E-state index in [0.717, 1.165) is 44.1 Å². The summed E-state index contributed by atoms with van der Waals surface area (Å²) in [6, 6.07) is 5.33. The van der Waals surface area contributed by atoms with Crippen molar-refractivity contribution in [1.29, 1.82) is 0 Å². The maximum atomic E-state index is 14.2. The number of nitrogens with zero attached hydrogens (tertiary/aromatic N) is 1. The van der Waals surface area contributed by atoms with E-state index in [0.29, 0.717) is 5.02 Å². The zero-order chi connectivity index (χ0) is 13.2. The van der Waals surface area contributed by atoms with Gasteiger partial charge in [-0.3, -0.25) is 4.90 Å². The van der Waals surface area contributed by atoms with Gasteiger partial charge in [-0.05, 0) is 24.5 Å². The van der Waals surface area contributed by atoms with Crippen LogP contribution in [0.5, 0.6) is 0 Å². The molecule has 1 atom stereocenters. The molecular weight excluding hydrogens is 334 g/mol. The van der Waals surface area contributed by atoms with Gasteiger partial charge in [0.05, 0.1) is 0 Å². The SMILES string of the molecule is Cl.Cl.Fc1cc(Cl)ccc1[C@H](CC1CC1)N1CCNCC1. The Morgan fingerprint density at radius 1 is 1.24 bits per heavy atom. The number of hydrogen-bond donors (Lipinski definition) is 1. The van der Waals surface area contributed by atoms with E-state index in [4.69, 9.17) is 11.6 Å². The van der Waals surface area contributed by atoms with Crippen LogP contribution in [0.3, 0.4) is 0 Å². The largest absolute Gasteiger partial charge is 0.314 e. The van der Waals surface area contributed by atoms with Crippen LogP contribution >= 0.6 is 36.4 Å². The van der Waals surface area contributed by atoms with E-state index in [-0.39, 0.29) is 36.7 Å².